The van der Waals surface area contributed by atoms with Gasteiger partial charge in [0.25, 0.3) is 5.56 Å². The molecule has 3 aromatic carbocycles. The molecule has 7 heteroatoms. The second-order valence-corrected chi connectivity index (χ2v) is 8.01. The molecule has 4 rings (SSSR count). The monoisotopic (exact) mass is 477 g/mol. The summed E-state index contributed by atoms with van der Waals surface area (Å²) in [5.74, 6) is 0.537. The van der Waals surface area contributed by atoms with E-state index < -0.39 is 5.97 Å². The molecule has 6 nitrogen and oxygen atoms in total. The Labute approximate surface area is 187 Å². The van der Waals surface area contributed by atoms with E-state index in [9.17, 15) is 9.59 Å². The first-order valence-electron chi connectivity index (χ1n) is 9.93. The number of nitrogens with zero attached hydrogens (tertiary/aromatic N) is 3. The van der Waals surface area contributed by atoms with Gasteiger partial charge in [-0.25, -0.2) is 4.98 Å². The average molecular weight is 478 g/mol. The van der Waals surface area contributed by atoms with Gasteiger partial charge < -0.3 is 4.74 Å². The third-order valence-corrected chi connectivity index (χ3v) is 5.33. The fourth-order valence-electron chi connectivity index (χ4n) is 3.47. The Kier molecular flexibility index (Phi) is 5.95. The van der Waals surface area contributed by atoms with Crippen LogP contribution in [0.5, 0.6) is 5.75 Å². The van der Waals surface area contributed by atoms with E-state index in [1.807, 2.05) is 49.4 Å². The number of carbonyl (C=O) groups is 1. The van der Waals surface area contributed by atoms with Crippen molar-refractivity contribution in [1.82, 2.24) is 9.66 Å². The summed E-state index contributed by atoms with van der Waals surface area (Å²) in [6, 6.07) is 16.8. The standard InChI is InChI=1S/C24H20BrN3O3/c1-3-6-23-27-21-11-10-17(25)13-19(21)24(30)28(23)26-14-20-18-8-5-4-7-16(18)9-12-22(20)31-15(2)29/h4-5,7-14H,3,6H2,1-2H3. The fraction of sp³-hybridized carbons (Fsp3) is 0.167. The molecule has 0 saturated carbocycles. The molecule has 0 N–H and O–H groups in total. The van der Waals surface area contributed by atoms with Crippen LogP contribution in [0.4, 0.5) is 0 Å². The van der Waals surface area contributed by atoms with Crippen LogP contribution in [0.1, 0.15) is 31.7 Å². The predicted molar refractivity (Wildman–Crippen MR) is 126 cm³/mol. The number of aryl methyl sites for hydroxylation is 1. The first kappa shape index (κ1) is 20.9. The summed E-state index contributed by atoms with van der Waals surface area (Å²) in [7, 11) is 0. The van der Waals surface area contributed by atoms with E-state index in [2.05, 4.69) is 26.0 Å². The Morgan fingerprint density at radius 1 is 1.16 bits per heavy atom. The van der Waals surface area contributed by atoms with Crippen LogP contribution in [0.25, 0.3) is 21.7 Å². The first-order chi connectivity index (χ1) is 15.0. The molecule has 1 aromatic heterocycles. The first-order valence-corrected chi connectivity index (χ1v) is 10.7. The van der Waals surface area contributed by atoms with Crippen LogP contribution < -0.4 is 10.3 Å². The van der Waals surface area contributed by atoms with Gasteiger partial charge in [-0.2, -0.15) is 9.78 Å². The minimum absolute atomic E-state index is 0.250. The number of benzene rings is 3. The molecule has 0 saturated heterocycles. The summed E-state index contributed by atoms with van der Waals surface area (Å²) in [5.41, 5.74) is 1.01. The number of ether oxygens (including phenoxy) is 1. The number of hydrogen-bond donors (Lipinski definition) is 0. The summed E-state index contributed by atoms with van der Waals surface area (Å²) in [5, 5.41) is 6.82. The molecule has 0 atom stereocenters. The van der Waals surface area contributed by atoms with E-state index in [1.54, 1.807) is 18.3 Å². The zero-order chi connectivity index (χ0) is 22.0. The number of esters is 1. The molecule has 31 heavy (non-hydrogen) atoms. The van der Waals surface area contributed by atoms with Crippen LogP contribution >= 0.6 is 15.9 Å². The molecule has 0 aliphatic heterocycles. The highest BCUT2D eigenvalue weighted by molar-refractivity contribution is 9.10. The SMILES string of the molecule is CCCc1nc2ccc(Br)cc2c(=O)n1N=Cc1c(OC(C)=O)ccc2ccccc12. The van der Waals surface area contributed by atoms with Gasteiger partial charge in [0.05, 0.1) is 17.1 Å². The average Bonchev–Trinajstić information content (AvgIpc) is 2.75. The van der Waals surface area contributed by atoms with Crippen molar-refractivity contribution in [3.63, 3.8) is 0 Å². The van der Waals surface area contributed by atoms with Crippen LogP contribution in [0.15, 0.2) is 69.0 Å². The molecule has 0 amide bonds. The maximum absolute atomic E-state index is 13.2. The molecule has 0 aliphatic rings. The van der Waals surface area contributed by atoms with Gasteiger partial charge >= 0.3 is 5.97 Å². The lowest BCUT2D eigenvalue weighted by molar-refractivity contribution is -0.131. The van der Waals surface area contributed by atoms with Crippen LogP contribution in [-0.2, 0) is 11.2 Å². The van der Waals surface area contributed by atoms with Crippen molar-refractivity contribution in [2.75, 3.05) is 0 Å². The Morgan fingerprint density at radius 3 is 2.74 bits per heavy atom. The van der Waals surface area contributed by atoms with Gasteiger partial charge in [-0.1, -0.05) is 53.2 Å². The van der Waals surface area contributed by atoms with Crippen LogP contribution in [-0.4, -0.2) is 21.8 Å². The highest BCUT2D eigenvalue weighted by Crippen LogP contribution is 2.27. The molecule has 1 heterocycles. The van der Waals surface area contributed by atoms with E-state index in [1.165, 1.54) is 11.6 Å². The molecule has 0 fully saturated rings. The van der Waals surface area contributed by atoms with E-state index in [4.69, 9.17) is 4.74 Å². The van der Waals surface area contributed by atoms with Gasteiger partial charge in [0, 0.05) is 23.4 Å². The fourth-order valence-corrected chi connectivity index (χ4v) is 3.83. The van der Waals surface area contributed by atoms with E-state index in [0.717, 1.165) is 21.7 Å². The molecule has 0 radical (unpaired) electrons. The number of fused-ring (bicyclic) bond motifs is 2. The van der Waals surface area contributed by atoms with E-state index in [-0.39, 0.29) is 5.56 Å². The van der Waals surface area contributed by atoms with Crippen molar-refractivity contribution in [2.24, 2.45) is 5.10 Å². The van der Waals surface area contributed by atoms with E-state index in [0.29, 0.717) is 34.5 Å². The maximum atomic E-state index is 13.2. The van der Waals surface area contributed by atoms with Gasteiger partial charge in [0.1, 0.15) is 11.6 Å². The minimum atomic E-state index is -0.425. The van der Waals surface area contributed by atoms with Gasteiger partial charge in [0.2, 0.25) is 0 Å². The molecule has 156 valence electrons. The molecule has 0 bridgehead atoms. The molecular formula is C24H20BrN3O3. The summed E-state index contributed by atoms with van der Waals surface area (Å²) < 4.78 is 7.52. The molecule has 0 spiro atoms. The van der Waals surface area contributed by atoms with Gasteiger partial charge in [-0.15, -0.1) is 0 Å². The van der Waals surface area contributed by atoms with Crippen molar-refractivity contribution in [3.05, 3.63) is 80.8 Å². The highest BCUT2D eigenvalue weighted by atomic mass is 79.9. The second-order valence-electron chi connectivity index (χ2n) is 7.09. The van der Waals surface area contributed by atoms with Gasteiger partial charge in [-0.05, 0) is 41.5 Å². The smallest absolute Gasteiger partial charge is 0.308 e. The summed E-state index contributed by atoms with van der Waals surface area (Å²) in [6.07, 6.45) is 2.98. The van der Waals surface area contributed by atoms with E-state index >= 15 is 0 Å². The topological polar surface area (TPSA) is 73.6 Å². The zero-order valence-corrected chi connectivity index (χ0v) is 18.7. The van der Waals surface area contributed by atoms with Crippen LogP contribution in [0.2, 0.25) is 0 Å². The van der Waals surface area contributed by atoms with Crippen molar-refractivity contribution in [2.45, 2.75) is 26.7 Å². The zero-order valence-electron chi connectivity index (χ0n) is 17.1. The van der Waals surface area contributed by atoms with Crippen LogP contribution in [0.3, 0.4) is 0 Å². The Morgan fingerprint density at radius 2 is 1.97 bits per heavy atom. The quantitative estimate of drug-likeness (QED) is 0.228. The summed E-state index contributed by atoms with van der Waals surface area (Å²) >= 11 is 3.41. The van der Waals surface area contributed by atoms with Crippen molar-refractivity contribution in [1.29, 1.82) is 0 Å². The Hall–Kier alpha value is -3.32. The number of carbonyl (C=O) groups excluding carboxylic acids is 1. The third-order valence-electron chi connectivity index (χ3n) is 4.84. The lowest BCUT2D eigenvalue weighted by Crippen LogP contribution is -2.22. The van der Waals surface area contributed by atoms with Crippen LogP contribution in [0, 0.1) is 0 Å². The van der Waals surface area contributed by atoms with Gasteiger partial charge in [-0.3, -0.25) is 9.59 Å². The molecule has 4 aromatic rings. The summed E-state index contributed by atoms with van der Waals surface area (Å²) in [4.78, 5) is 29.5. The van der Waals surface area contributed by atoms with Gasteiger partial charge in [0.15, 0.2) is 0 Å². The van der Waals surface area contributed by atoms with Crippen molar-refractivity contribution >= 4 is 49.8 Å². The highest BCUT2D eigenvalue weighted by Gasteiger charge is 2.13. The third kappa shape index (κ3) is 4.27. The Balaban J connectivity index is 1.93. The predicted octanol–water partition coefficient (Wildman–Crippen LogP) is 5.07. The van der Waals surface area contributed by atoms with Crippen molar-refractivity contribution < 1.29 is 9.53 Å². The minimum Gasteiger partial charge on any atom is -0.426 e. The van der Waals surface area contributed by atoms with Crippen molar-refractivity contribution in [3.8, 4) is 5.75 Å². The number of halogens is 1. The summed E-state index contributed by atoms with van der Waals surface area (Å²) in [6.45, 7) is 3.38. The normalized spacial score (nSPS) is 11.5. The molecular weight excluding hydrogens is 458 g/mol. The lowest BCUT2D eigenvalue weighted by atomic mass is 10.0. The number of rotatable bonds is 5. The number of aromatic nitrogens is 2. The Bertz CT molecular complexity index is 1390. The molecule has 0 unspecified atom stereocenters. The largest absolute Gasteiger partial charge is 0.426 e. The maximum Gasteiger partial charge on any atom is 0.308 e. The molecule has 0 aliphatic carbocycles. The lowest BCUT2D eigenvalue weighted by Gasteiger charge is -2.11. The number of hydrogen-bond acceptors (Lipinski definition) is 5. The second kappa shape index (κ2) is 8.81.